The van der Waals surface area contributed by atoms with E-state index in [2.05, 4.69) is 54.4 Å². The molecule has 5 heteroatoms. The van der Waals surface area contributed by atoms with Gasteiger partial charge in [0.05, 0.1) is 11.6 Å². The first-order valence-electron chi connectivity index (χ1n) is 6.45. The second-order valence-electron chi connectivity index (χ2n) is 4.69. The minimum Gasteiger partial charge on any atom is -0.271 e. The van der Waals surface area contributed by atoms with Crippen molar-refractivity contribution in [3.8, 4) is 0 Å². The van der Waals surface area contributed by atoms with Crippen LogP contribution in [0.15, 0.2) is 63.7 Å². The summed E-state index contributed by atoms with van der Waals surface area (Å²) in [5.74, 6) is 5.82. The minimum atomic E-state index is -0.133. The van der Waals surface area contributed by atoms with Gasteiger partial charge in [-0.1, -0.05) is 62.2 Å². The van der Waals surface area contributed by atoms with E-state index in [0.29, 0.717) is 0 Å². The van der Waals surface area contributed by atoms with Gasteiger partial charge in [-0.2, -0.15) is 0 Å². The highest BCUT2D eigenvalue weighted by Gasteiger charge is 2.18. The van der Waals surface area contributed by atoms with Crippen molar-refractivity contribution < 1.29 is 0 Å². The van der Waals surface area contributed by atoms with Gasteiger partial charge in [0.1, 0.15) is 0 Å². The first-order valence-corrected chi connectivity index (χ1v) is 8.04. The van der Waals surface area contributed by atoms with Gasteiger partial charge in [-0.3, -0.25) is 10.8 Å². The van der Waals surface area contributed by atoms with Crippen molar-refractivity contribution in [2.75, 3.05) is 0 Å². The Balaban J connectivity index is 2.18. The molecule has 0 amide bonds. The fraction of sp³-hybridized carbons (Fsp3) is 0.0625. The third-order valence-electron chi connectivity index (χ3n) is 3.42. The van der Waals surface area contributed by atoms with Gasteiger partial charge >= 0.3 is 0 Å². The molecule has 0 radical (unpaired) electrons. The molecule has 1 atom stereocenters. The summed E-state index contributed by atoms with van der Waals surface area (Å²) in [6, 6.07) is 16.0. The average Bonchev–Trinajstić information content (AvgIpc) is 2.50. The third kappa shape index (κ3) is 2.87. The van der Waals surface area contributed by atoms with Gasteiger partial charge < -0.3 is 0 Å². The number of benzene rings is 2. The summed E-state index contributed by atoms with van der Waals surface area (Å²) in [6.45, 7) is 0. The molecule has 0 fully saturated rings. The van der Waals surface area contributed by atoms with Crippen LogP contribution >= 0.6 is 31.9 Å². The monoisotopic (exact) mass is 405 g/mol. The first-order chi connectivity index (χ1) is 10.2. The molecule has 0 aliphatic carbocycles. The Morgan fingerprint density at radius 1 is 1.00 bits per heavy atom. The van der Waals surface area contributed by atoms with Crippen LogP contribution in [-0.4, -0.2) is 4.98 Å². The Hall–Kier alpha value is -1.27. The number of nitrogens with one attached hydrogen (secondary N) is 1. The lowest BCUT2D eigenvalue weighted by Gasteiger charge is -2.20. The predicted octanol–water partition coefficient (Wildman–Crippen LogP) is 4.31. The highest BCUT2D eigenvalue weighted by molar-refractivity contribution is 9.11. The lowest BCUT2D eigenvalue weighted by atomic mass is 9.97. The van der Waals surface area contributed by atoms with E-state index in [1.165, 1.54) is 0 Å². The Labute approximate surface area is 139 Å². The van der Waals surface area contributed by atoms with Crippen LogP contribution in [0, 0.1) is 0 Å². The summed E-state index contributed by atoms with van der Waals surface area (Å²) < 4.78 is 2.01. The highest BCUT2D eigenvalue weighted by atomic mass is 79.9. The standard InChI is InChI=1S/C16H13Br2N3/c17-11-6-7-12(14(18)9-11)16(21-19)13-5-1-3-10-4-2-8-20-15(10)13/h1-9,16,21H,19H2. The molecule has 0 saturated carbocycles. The topological polar surface area (TPSA) is 50.9 Å². The molecular weight excluding hydrogens is 394 g/mol. The van der Waals surface area contributed by atoms with E-state index in [1.807, 2.05) is 36.4 Å². The van der Waals surface area contributed by atoms with E-state index < -0.39 is 0 Å². The second kappa shape index (κ2) is 6.23. The van der Waals surface area contributed by atoms with Gasteiger partial charge in [0.25, 0.3) is 0 Å². The van der Waals surface area contributed by atoms with Crippen molar-refractivity contribution in [3.05, 3.63) is 74.8 Å². The number of halogens is 2. The summed E-state index contributed by atoms with van der Waals surface area (Å²) in [6.07, 6.45) is 1.80. The summed E-state index contributed by atoms with van der Waals surface area (Å²) in [5.41, 5.74) is 5.98. The molecule has 0 bridgehead atoms. The maximum atomic E-state index is 5.82. The summed E-state index contributed by atoms with van der Waals surface area (Å²) >= 11 is 7.07. The molecule has 3 nitrogen and oxygen atoms in total. The molecule has 0 spiro atoms. The van der Waals surface area contributed by atoms with Crippen molar-refractivity contribution in [1.29, 1.82) is 0 Å². The number of rotatable bonds is 3. The Morgan fingerprint density at radius 3 is 2.57 bits per heavy atom. The molecule has 0 aliphatic rings. The summed E-state index contributed by atoms with van der Waals surface area (Å²) in [5, 5.41) is 1.10. The normalized spacial score (nSPS) is 12.5. The van der Waals surface area contributed by atoms with Crippen molar-refractivity contribution in [2.45, 2.75) is 6.04 Å². The Kier molecular flexibility index (Phi) is 4.35. The molecule has 0 aliphatic heterocycles. The second-order valence-corrected chi connectivity index (χ2v) is 6.46. The maximum absolute atomic E-state index is 5.82. The zero-order chi connectivity index (χ0) is 14.8. The lowest BCUT2D eigenvalue weighted by Crippen LogP contribution is -2.29. The number of nitrogens with two attached hydrogens (primary N) is 1. The van der Waals surface area contributed by atoms with Gasteiger partial charge in [-0.05, 0) is 23.8 Å². The maximum Gasteiger partial charge on any atom is 0.0753 e. The number of para-hydroxylation sites is 1. The van der Waals surface area contributed by atoms with Crippen molar-refractivity contribution >= 4 is 42.8 Å². The highest BCUT2D eigenvalue weighted by Crippen LogP contribution is 2.33. The van der Waals surface area contributed by atoms with Crippen molar-refractivity contribution in [2.24, 2.45) is 5.84 Å². The number of hydrogen-bond donors (Lipinski definition) is 2. The molecule has 0 saturated heterocycles. The third-order valence-corrected chi connectivity index (χ3v) is 4.60. The Morgan fingerprint density at radius 2 is 1.81 bits per heavy atom. The van der Waals surface area contributed by atoms with Crippen LogP contribution in [0.25, 0.3) is 10.9 Å². The van der Waals surface area contributed by atoms with Crippen LogP contribution in [0.3, 0.4) is 0 Å². The van der Waals surface area contributed by atoms with Gasteiger partial charge in [-0.25, -0.2) is 5.43 Å². The zero-order valence-corrected chi connectivity index (χ0v) is 14.2. The smallest absolute Gasteiger partial charge is 0.0753 e. The molecule has 21 heavy (non-hydrogen) atoms. The largest absolute Gasteiger partial charge is 0.271 e. The van der Waals surface area contributed by atoms with E-state index in [0.717, 1.165) is 31.0 Å². The molecule has 1 unspecified atom stereocenters. The predicted molar refractivity (Wildman–Crippen MR) is 92.8 cm³/mol. The molecular formula is C16H13Br2N3. The first kappa shape index (κ1) is 14.7. The van der Waals surface area contributed by atoms with Gasteiger partial charge in [0.2, 0.25) is 0 Å². The van der Waals surface area contributed by atoms with E-state index in [1.54, 1.807) is 6.20 Å². The van der Waals surface area contributed by atoms with Crippen LogP contribution in [0.5, 0.6) is 0 Å². The molecule has 2 aromatic carbocycles. The lowest BCUT2D eigenvalue weighted by molar-refractivity contribution is 0.637. The van der Waals surface area contributed by atoms with Crippen LogP contribution < -0.4 is 11.3 Å². The number of nitrogens with zero attached hydrogens (tertiary/aromatic N) is 1. The number of fused-ring (bicyclic) bond motifs is 1. The Bertz CT molecular complexity index is 784. The van der Waals surface area contributed by atoms with Crippen LogP contribution in [0.1, 0.15) is 17.2 Å². The van der Waals surface area contributed by atoms with Crippen LogP contribution in [0.2, 0.25) is 0 Å². The van der Waals surface area contributed by atoms with Crippen molar-refractivity contribution in [1.82, 2.24) is 10.4 Å². The van der Waals surface area contributed by atoms with E-state index in [4.69, 9.17) is 5.84 Å². The average molecular weight is 407 g/mol. The molecule has 3 N–H and O–H groups in total. The van der Waals surface area contributed by atoms with Crippen molar-refractivity contribution in [3.63, 3.8) is 0 Å². The molecule has 1 aromatic heterocycles. The SMILES string of the molecule is NNC(c1ccc(Br)cc1Br)c1cccc2cccnc12. The molecule has 3 rings (SSSR count). The zero-order valence-electron chi connectivity index (χ0n) is 11.1. The van der Waals surface area contributed by atoms with E-state index >= 15 is 0 Å². The number of pyridine rings is 1. The van der Waals surface area contributed by atoms with Gasteiger partial charge in [0.15, 0.2) is 0 Å². The molecule has 106 valence electrons. The molecule has 3 aromatic rings. The fourth-order valence-corrected chi connectivity index (χ4v) is 3.72. The number of aromatic nitrogens is 1. The van der Waals surface area contributed by atoms with Crippen LogP contribution in [0.4, 0.5) is 0 Å². The molecule has 1 heterocycles. The number of hydrazine groups is 1. The van der Waals surface area contributed by atoms with Crippen LogP contribution in [-0.2, 0) is 0 Å². The minimum absolute atomic E-state index is 0.133. The van der Waals surface area contributed by atoms with Gasteiger partial charge in [0, 0.05) is 26.1 Å². The number of hydrogen-bond acceptors (Lipinski definition) is 3. The summed E-state index contributed by atoms with van der Waals surface area (Å²) in [4.78, 5) is 4.50. The van der Waals surface area contributed by atoms with Gasteiger partial charge in [-0.15, -0.1) is 0 Å². The van der Waals surface area contributed by atoms with E-state index in [9.17, 15) is 0 Å². The van der Waals surface area contributed by atoms with E-state index in [-0.39, 0.29) is 6.04 Å². The summed E-state index contributed by atoms with van der Waals surface area (Å²) in [7, 11) is 0. The quantitative estimate of drug-likeness (QED) is 0.503. The fourth-order valence-electron chi connectivity index (χ4n) is 2.44.